The predicted octanol–water partition coefficient (Wildman–Crippen LogP) is 3.13. The number of hydrogen-bond acceptors (Lipinski definition) is 5. The summed E-state index contributed by atoms with van der Waals surface area (Å²) in [5, 5.41) is 3.13. The summed E-state index contributed by atoms with van der Waals surface area (Å²) >= 11 is 0. The summed E-state index contributed by atoms with van der Waals surface area (Å²) in [5.41, 5.74) is 2.61. The van der Waals surface area contributed by atoms with Crippen LogP contribution in [0.25, 0.3) is 0 Å². The molecule has 1 rings (SSSR count). The number of hydrogen-bond donors (Lipinski definition) is 1. The molecule has 2 atom stereocenters. The minimum atomic E-state index is -0.370. The lowest BCUT2D eigenvalue weighted by Gasteiger charge is -2.32. The van der Waals surface area contributed by atoms with Gasteiger partial charge in [-0.25, -0.2) is 4.79 Å². The Bertz CT molecular complexity index is 728. The highest BCUT2D eigenvalue weighted by atomic mass is 16.5. The number of nitrogens with one attached hydrogen (secondary N) is 1. The number of methoxy groups -OCH3 is 1. The zero-order valence-electron chi connectivity index (χ0n) is 19.0. The first-order valence-electron chi connectivity index (χ1n) is 10.1. The monoisotopic (exact) mass is 404 g/mol. The highest BCUT2D eigenvalue weighted by molar-refractivity contribution is 5.88. The Kier molecular flexibility index (Phi) is 9.89. The maximum absolute atomic E-state index is 13.2. The van der Waals surface area contributed by atoms with Crippen LogP contribution in [0.15, 0.2) is 29.8 Å². The average Bonchev–Trinajstić information content (AvgIpc) is 2.69. The van der Waals surface area contributed by atoms with E-state index in [2.05, 4.69) is 5.32 Å². The second-order valence-electron chi connectivity index (χ2n) is 7.60. The van der Waals surface area contributed by atoms with Crippen LogP contribution in [0, 0.1) is 12.8 Å². The molecule has 0 heterocycles. The van der Waals surface area contributed by atoms with Gasteiger partial charge in [0, 0.05) is 12.6 Å². The molecule has 0 aliphatic rings. The zero-order valence-corrected chi connectivity index (χ0v) is 19.0. The smallest absolute Gasteiger partial charge is 0.333 e. The Morgan fingerprint density at radius 1 is 1.28 bits per heavy atom. The number of rotatable bonds is 10. The number of esters is 1. The molecular weight excluding hydrogens is 368 g/mol. The number of aryl methyl sites for hydroxylation is 1. The van der Waals surface area contributed by atoms with Gasteiger partial charge in [0.1, 0.15) is 5.75 Å². The third-order valence-corrected chi connectivity index (χ3v) is 5.04. The summed E-state index contributed by atoms with van der Waals surface area (Å²) in [6.45, 7) is 9.88. The summed E-state index contributed by atoms with van der Waals surface area (Å²) in [4.78, 5) is 26.9. The van der Waals surface area contributed by atoms with E-state index in [1.54, 1.807) is 40.0 Å². The van der Waals surface area contributed by atoms with Gasteiger partial charge in [0.25, 0.3) is 0 Å². The Morgan fingerprint density at radius 3 is 2.41 bits per heavy atom. The normalized spacial score (nSPS) is 13.8. The highest BCUT2D eigenvalue weighted by Crippen LogP contribution is 2.20. The number of carbonyl (C=O) groups is 2. The largest absolute Gasteiger partial charge is 0.496 e. The molecule has 1 aromatic rings. The van der Waals surface area contributed by atoms with Crippen LogP contribution in [0.2, 0.25) is 0 Å². The van der Waals surface area contributed by atoms with E-state index in [4.69, 9.17) is 9.47 Å². The second kappa shape index (κ2) is 11.6. The molecule has 0 fully saturated rings. The van der Waals surface area contributed by atoms with Crippen molar-refractivity contribution < 1.29 is 19.1 Å². The van der Waals surface area contributed by atoms with Crippen molar-refractivity contribution >= 4 is 11.9 Å². The minimum Gasteiger partial charge on any atom is -0.496 e. The SMILES string of the molecule is CCOC(=O)C(C)=C[C@@H](C(C)C)N(C)C(=O)[C@H](Cc1ccc(OC)c(C)c1)NC. The van der Waals surface area contributed by atoms with Crippen molar-refractivity contribution in [2.24, 2.45) is 5.92 Å². The van der Waals surface area contributed by atoms with Gasteiger partial charge in [0.05, 0.1) is 25.8 Å². The molecule has 0 bridgehead atoms. The van der Waals surface area contributed by atoms with Crippen molar-refractivity contribution in [3.8, 4) is 5.75 Å². The molecule has 162 valence electrons. The summed E-state index contributed by atoms with van der Waals surface area (Å²) in [6, 6.07) is 5.37. The van der Waals surface area contributed by atoms with E-state index < -0.39 is 0 Å². The molecule has 1 aromatic carbocycles. The summed E-state index contributed by atoms with van der Waals surface area (Å²) in [6.07, 6.45) is 2.39. The summed E-state index contributed by atoms with van der Waals surface area (Å²) in [5.74, 6) is 0.608. The van der Waals surface area contributed by atoms with Crippen molar-refractivity contribution in [2.45, 2.75) is 53.1 Å². The van der Waals surface area contributed by atoms with Crippen molar-refractivity contribution in [2.75, 3.05) is 27.8 Å². The number of amides is 1. The van der Waals surface area contributed by atoms with Gasteiger partial charge >= 0.3 is 5.97 Å². The molecule has 1 amide bonds. The molecule has 29 heavy (non-hydrogen) atoms. The topological polar surface area (TPSA) is 67.9 Å². The third-order valence-electron chi connectivity index (χ3n) is 5.04. The van der Waals surface area contributed by atoms with E-state index in [1.165, 1.54) is 0 Å². The van der Waals surface area contributed by atoms with Crippen LogP contribution in [0.5, 0.6) is 5.75 Å². The van der Waals surface area contributed by atoms with Crippen molar-refractivity contribution in [3.63, 3.8) is 0 Å². The molecule has 6 nitrogen and oxygen atoms in total. The number of nitrogens with zero attached hydrogens (tertiary/aromatic N) is 1. The third kappa shape index (κ3) is 6.89. The maximum Gasteiger partial charge on any atom is 0.333 e. The van der Waals surface area contributed by atoms with Crippen LogP contribution in [-0.4, -0.2) is 56.7 Å². The Hall–Kier alpha value is -2.34. The number of carbonyl (C=O) groups excluding carboxylic acids is 2. The van der Waals surface area contributed by atoms with E-state index in [1.807, 2.05) is 45.0 Å². The van der Waals surface area contributed by atoms with Gasteiger partial charge in [0.15, 0.2) is 0 Å². The van der Waals surface area contributed by atoms with E-state index in [-0.39, 0.29) is 29.9 Å². The highest BCUT2D eigenvalue weighted by Gasteiger charge is 2.27. The molecule has 0 saturated carbocycles. The van der Waals surface area contributed by atoms with Gasteiger partial charge < -0.3 is 19.7 Å². The van der Waals surface area contributed by atoms with E-state index >= 15 is 0 Å². The first kappa shape index (κ1) is 24.7. The fourth-order valence-electron chi connectivity index (χ4n) is 3.33. The molecule has 0 aliphatic carbocycles. The number of likely N-dealkylation sites (N-methyl/N-ethyl adjacent to an activating group) is 2. The van der Waals surface area contributed by atoms with Gasteiger partial charge in [-0.15, -0.1) is 0 Å². The van der Waals surface area contributed by atoms with Crippen LogP contribution in [0.4, 0.5) is 0 Å². The first-order chi connectivity index (χ1) is 13.7. The van der Waals surface area contributed by atoms with Gasteiger partial charge in [-0.2, -0.15) is 0 Å². The average molecular weight is 405 g/mol. The van der Waals surface area contributed by atoms with Crippen molar-refractivity contribution in [1.82, 2.24) is 10.2 Å². The van der Waals surface area contributed by atoms with Crippen molar-refractivity contribution in [3.05, 3.63) is 41.0 Å². The van der Waals surface area contributed by atoms with Crippen LogP contribution in [0.3, 0.4) is 0 Å². The molecule has 0 aromatic heterocycles. The zero-order chi connectivity index (χ0) is 22.1. The van der Waals surface area contributed by atoms with E-state index in [9.17, 15) is 9.59 Å². The summed E-state index contributed by atoms with van der Waals surface area (Å²) in [7, 11) is 5.22. The molecular formula is C23H36N2O4. The molecule has 0 saturated heterocycles. The number of benzene rings is 1. The number of ether oxygens (including phenoxy) is 2. The lowest BCUT2D eigenvalue weighted by atomic mass is 9.97. The van der Waals surface area contributed by atoms with Gasteiger partial charge in [0.2, 0.25) is 5.91 Å². The second-order valence-corrected chi connectivity index (χ2v) is 7.60. The Labute approximate surface area is 175 Å². The molecule has 6 heteroatoms. The van der Waals surface area contributed by atoms with Crippen LogP contribution in [-0.2, 0) is 20.7 Å². The standard InChI is InChI=1S/C23H36N2O4/c1-9-29-23(27)17(5)13-20(15(2)3)25(7)22(26)19(24-6)14-18-10-11-21(28-8)16(4)12-18/h10-13,15,19-20,24H,9,14H2,1-8H3/t19-,20-/m0/s1. The van der Waals surface area contributed by atoms with Crippen molar-refractivity contribution in [1.29, 1.82) is 0 Å². The predicted molar refractivity (Wildman–Crippen MR) is 116 cm³/mol. The fraction of sp³-hybridized carbons (Fsp3) is 0.565. The lowest BCUT2D eigenvalue weighted by molar-refractivity contribution is -0.139. The molecule has 0 unspecified atom stereocenters. The molecule has 0 radical (unpaired) electrons. The Morgan fingerprint density at radius 2 is 1.93 bits per heavy atom. The van der Waals surface area contributed by atoms with Crippen LogP contribution in [0.1, 0.15) is 38.8 Å². The first-order valence-corrected chi connectivity index (χ1v) is 10.1. The maximum atomic E-state index is 13.2. The quantitative estimate of drug-likeness (QED) is 0.479. The van der Waals surface area contributed by atoms with Crippen LogP contribution >= 0.6 is 0 Å². The van der Waals surface area contributed by atoms with E-state index in [0.717, 1.165) is 16.9 Å². The lowest BCUT2D eigenvalue weighted by Crippen LogP contribution is -2.49. The minimum absolute atomic E-state index is 0.0208. The van der Waals surface area contributed by atoms with Gasteiger partial charge in [-0.3, -0.25) is 4.79 Å². The van der Waals surface area contributed by atoms with Gasteiger partial charge in [-0.05, 0) is 57.4 Å². The molecule has 0 spiro atoms. The molecule has 0 aliphatic heterocycles. The van der Waals surface area contributed by atoms with E-state index in [0.29, 0.717) is 18.6 Å². The van der Waals surface area contributed by atoms with Gasteiger partial charge in [-0.1, -0.05) is 32.1 Å². The summed E-state index contributed by atoms with van der Waals surface area (Å²) < 4.78 is 10.4. The van der Waals surface area contributed by atoms with Crippen LogP contribution < -0.4 is 10.1 Å². The molecule has 1 N–H and O–H groups in total. The Balaban J connectivity index is 3.02. The fourth-order valence-corrected chi connectivity index (χ4v) is 3.33.